The van der Waals surface area contributed by atoms with Gasteiger partial charge in [-0.2, -0.15) is 0 Å². The number of hydrogen-bond donors (Lipinski definition) is 0. The Balaban J connectivity index is 1.83. The molecule has 1 saturated heterocycles. The normalized spacial score (nSPS) is 45.2. The number of carbonyl (C=O) groups is 4. The summed E-state index contributed by atoms with van der Waals surface area (Å²) in [4.78, 5) is 49.6. The quantitative estimate of drug-likeness (QED) is 0.530. The molecule has 2 bridgehead atoms. The van der Waals surface area contributed by atoms with Crippen LogP contribution < -0.4 is 0 Å². The molecule has 0 N–H and O–H groups in total. The molecule has 134 valence electrons. The Morgan fingerprint density at radius 3 is 1.92 bits per heavy atom. The minimum absolute atomic E-state index is 0.362. The van der Waals surface area contributed by atoms with Crippen LogP contribution in [0.3, 0.4) is 0 Å². The van der Waals surface area contributed by atoms with Crippen LogP contribution in [0.1, 0.15) is 40.5 Å². The number of ether oxygens (including phenoxy) is 2. The van der Waals surface area contributed by atoms with Crippen LogP contribution in [0.25, 0.3) is 0 Å². The van der Waals surface area contributed by atoms with Gasteiger partial charge in [-0.3, -0.25) is 9.59 Å². The first-order chi connectivity index (χ1) is 12.0. The molecule has 3 aliphatic carbocycles. The number of hydrogen-bond acceptors (Lipinski definition) is 6. The molecule has 4 atom stereocenters. The summed E-state index contributed by atoms with van der Waals surface area (Å²) in [6, 6.07) is 0. The summed E-state index contributed by atoms with van der Waals surface area (Å²) in [7, 11) is 0. The van der Waals surface area contributed by atoms with Gasteiger partial charge in [-0.25, -0.2) is 9.59 Å². The van der Waals surface area contributed by atoms with E-state index in [4.69, 9.17) is 9.47 Å². The van der Waals surface area contributed by atoms with Gasteiger partial charge in [0.15, 0.2) is 0 Å². The third-order valence-corrected chi connectivity index (χ3v) is 7.51. The molecular formula is C20H18O6. The monoisotopic (exact) mass is 354 g/mol. The van der Waals surface area contributed by atoms with E-state index in [-0.39, 0.29) is 0 Å². The van der Waals surface area contributed by atoms with E-state index in [1.807, 2.05) is 32.9 Å². The maximum absolute atomic E-state index is 12.7. The van der Waals surface area contributed by atoms with Gasteiger partial charge in [-0.05, 0) is 30.9 Å². The number of carbonyl (C=O) groups excluding carboxylic acids is 4. The van der Waals surface area contributed by atoms with E-state index in [1.165, 1.54) is 0 Å². The van der Waals surface area contributed by atoms with Crippen molar-refractivity contribution in [1.82, 2.24) is 0 Å². The van der Waals surface area contributed by atoms with Gasteiger partial charge in [-0.1, -0.05) is 32.9 Å². The van der Waals surface area contributed by atoms with E-state index >= 15 is 0 Å². The Kier molecular flexibility index (Phi) is 2.37. The Morgan fingerprint density at radius 1 is 0.846 bits per heavy atom. The van der Waals surface area contributed by atoms with Gasteiger partial charge in [0.25, 0.3) is 0 Å². The van der Waals surface area contributed by atoms with E-state index in [2.05, 4.69) is 0 Å². The van der Waals surface area contributed by atoms with Crippen molar-refractivity contribution in [3.05, 3.63) is 34.4 Å². The highest BCUT2D eigenvalue weighted by molar-refractivity contribution is 6.18. The molecule has 5 aliphatic rings. The molecule has 5 rings (SSSR count). The summed E-state index contributed by atoms with van der Waals surface area (Å²) in [6.07, 6.45) is 4.68. The molecule has 2 aliphatic heterocycles. The van der Waals surface area contributed by atoms with E-state index in [1.54, 1.807) is 6.92 Å². The van der Waals surface area contributed by atoms with E-state index in [0.29, 0.717) is 24.0 Å². The summed E-state index contributed by atoms with van der Waals surface area (Å²) in [5.41, 5.74) is -1.07. The Hall–Kier alpha value is -2.50. The highest BCUT2D eigenvalue weighted by atomic mass is 16.6. The molecule has 6 nitrogen and oxygen atoms in total. The Bertz CT molecular complexity index is 980. The molecule has 2 heterocycles. The van der Waals surface area contributed by atoms with Crippen LogP contribution >= 0.6 is 0 Å². The molecule has 0 aromatic carbocycles. The number of esters is 4. The van der Waals surface area contributed by atoms with Crippen molar-refractivity contribution in [2.45, 2.75) is 40.5 Å². The first kappa shape index (κ1) is 15.7. The number of rotatable bonds is 1. The number of allylic oxidation sites excluding steroid dienone is 2. The van der Waals surface area contributed by atoms with Gasteiger partial charge in [0, 0.05) is 10.8 Å². The fourth-order valence-corrected chi connectivity index (χ4v) is 5.73. The lowest BCUT2D eigenvalue weighted by atomic mass is 9.45. The molecule has 6 heteroatoms. The first-order valence-electron chi connectivity index (χ1n) is 8.81. The smallest absolute Gasteiger partial charge is 0.343 e. The molecule has 2 fully saturated rings. The zero-order chi connectivity index (χ0) is 18.9. The molecule has 0 spiro atoms. The third kappa shape index (κ3) is 1.24. The molecule has 0 radical (unpaired) electrons. The highest BCUT2D eigenvalue weighted by Crippen LogP contribution is 2.73. The topological polar surface area (TPSA) is 86.7 Å². The molecule has 0 amide bonds. The fourth-order valence-electron chi connectivity index (χ4n) is 5.73. The standard InChI is InChI=1S/C20H18O6/c1-5-20-8-17(2,15(23)26-16(20)24)9-6-18(3)11-12(14(22)25-13(11)21)19(18,4)7-10(9)20/h6-7H,5,8H2,1-4H3. The second-order valence-corrected chi connectivity index (χ2v) is 8.57. The summed E-state index contributed by atoms with van der Waals surface area (Å²) in [5, 5.41) is 0. The van der Waals surface area contributed by atoms with Crippen LogP contribution in [0, 0.1) is 21.7 Å². The van der Waals surface area contributed by atoms with E-state index in [9.17, 15) is 19.2 Å². The van der Waals surface area contributed by atoms with E-state index in [0.717, 1.165) is 11.1 Å². The summed E-state index contributed by atoms with van der Waals surface area (Å²) >= 11 is 0. The van der Waals surface area contributed by atoms with Crippen molar-refractivity contribution in [3.8, 4) is 0 Å². The van der Waals surface area contributed by atoms with Crippen LogP contribution in [0.4, 0.5) is 0 Å². The SMILES string of the molecule is CCC12CC(C)(C(=O)OC1=O)C1=CC3(C)C4=C(C(=O)OC4=O)C3(C)C=C12. The minimum atomic E-state index is -0.928. The minimum Gasteiger partial charge on any atom is -0.392 e. The lowest BCUT2D eigenvalue weighted by Crippen LogP contribution is -2.51. The number of fused-ring (bicyclic) bond motifs is 8. The predicted molar refractivity (Wildman–Crippen MR) is 87.1 cm³/mol. The van der Waals surface area contributed by atoms with Crippen molar-refractivity contribution in [2.24, 2.45) is 21.7 Å². The highest BCUT2D eigenvalue weighted by Gasteiger charge is 2.72. The van der Waals surface area contributed by atoms with Crippen molar-refractivity contribution < 1.29 is 28.7 Å². The second kappa shape index (κ2) is 3.92. The molecule has 1 saturated carbocycles. The van der Waals surface area contributed by atoms with Gasteiger partial charge in [0.2, 0.25) is 0 Å². The van der Waals surface area contributed by atoms with Crippen LogP contribution in [0.5, 0.6) is 0 Å². The zero-order valence-electron chi connectivity index (χ0n) is 15.0. The third-order valence-electron chi connectivity index (χ3n) is 7.51. The molecule has 0 aromatic heterocycles. The Morgan fingerprint density at radius 2 is 1.38 bits per heavy atom. The largest absolute Gasteiger partial charge is 0.392 e. The van der Waals surface area contributed by atoms with Crippen LogP contribution in [-0.2, 0) is 28.7 Å². The summed E-state index contributed by atoms with van der Waals surface area (Å²) < 4.78 is 9.96. The maximum Gasteiger partial charge on any atom is 0.343 e. The average molecular weight is 354 g/mol. The zero-order valence-corrected chi connectivity index (χ0v) is 15.0. The van der Waals surface area contributed by atoms with Crippen LogP contribution in [0.2, 0.25) is 0 Å². The van der Waals surface area contributed by atoms with Crippen molar-refractivity contribution in [1.29, 1.82) is 0 Å². The van der Waals surface area contributed by atoms with Gasteiger partial charge >= 0.3 is 23.9 Å². The fraction of sp³-hybridized carbons (Fsp3) is 0.500. The van der Waals surface area contributed by atoms with Gasteiger partial charge < -0.3 is 9.47 Å². The maximum atomic E-state index is 12.7. The lowest BCUT2D eigenvalue weighted by Gasteiger charge is -2.54. The molecule has 4 unspecified atom stereocenters. The van der Waals surface area contributed by atoms with Crippen molar-refractivity contribution in [3.63, 3.8) is 0 Å². The summed E-state index contributed by atoms with van der Waals surface area (Å²) in [6.45, 7) is 7.45. The predicted octanol–water partition coefficient (Wildman–Crippen LogP) is 2.15. The lowest BCUT2D eigenvalue weighted by molar-refractivity contribution is -0.177. The van der Waals surface area contributed by atoms with Gasteiger partial charge in [0.05, 0.1) is 22.0 Å². The molecular weight excluding hydrogens is 336 g/mol. The van der Waals surface area contributed by atoms with Gasteiger partial charge in [0.1, 0.15) is 0 Å². The molecule has 26 heavy (non-hydrogen) atoms. The summed E-state index contributed by atoms with van der Waals surface area (Å²) in [5.74, 6) is -2.31. The molecule has 0 aromatic rings. The van der Waals surface area contributed by atoms with Gasteiger partial charge in [-0.15, -0.1) is 0 Å². The number of cyclic esters (lactones) is 4. The Labute approximate surface area is 149 Å². The second-order valence-electron chi connectivity index (χ2n) is 8.57. The van der Waals surface area contributed by atoms with Crippen LogP contribution in [-0.4, -0.2) is 23.9 Å². The average Bonchev–Trinajstić information content (AvgIpc) is 2.97. The van der Waals surface area contributed by atoms with E-state index < -0.39 is 45.5 Å². The van der Waals surface area contributed by atoms with Crippen LogP contribution in [0.15, 0.2) is 34.4 Å². The first-order valence-corrected chi connectivity index (χ1v) is 8.81. The van der Waals surface area contributed by atoms with Crippen molar-refractivity contribution in [2.75, 3.05) is 0 Å². The van der Waals surface area contributed by atoms with Crippen molar-refractivity contribution >= 4 is 23.9 Å².